The zero-order valence-electron chi connectivity index (χ0n) is 11.8. The number of hydrogen-bond acceptors (Lipinski definition) is 5. The highest BCUT2D eigenvalue weighted by Gasteiger charge is 2.27. The molecule has 8 heteroatoms. The zero-order valence-corrected chi connectivity index (χ0v) is 12.6. The van der Waals surface area contributed by atoms with E-state index >= 15 is 0 Å². The number of carbonyl (C=O) groups excluding carboxylic acids is 1. The highest BCUT2D eigenvalue weighted by atomic mass is 35.5. The fourth-order valence-corrected chi connectivity index (χ4v) is 2.55. The van der Waals surface area contributed by atoms with Crippen LogP contribution in [0.1, 0.15) is 10.4 Å². The van der Waals surface area contributed by atoms with Gasteiger partial charge in [-0.2, -0.15) is 0 Å². The third kappa shape index (κ3) is 3.08. The Balaban J connectivity index is 2.32. The van der Waals surface area contributed by atoms with Crippen LogP contribution in [0, 0.1) is 10.1 Å². The quantitative estimate of drug-likeness (QED) is 0.626. The predicted molar refractivity (Wildman–Crippen MR) is 78.1 cm³/mol. The first-order chi connectivity index (χ1) is 9.95. The predicted octanol–water partition coefficient (Wildman–Crippen LogP) is 1.64. The lowest BCUT2D eigenvalue weighted by molar-refractivity contribution is -0.385. The minimum Gasteiger partial charge on any atom is -0.489 e. The van der Waals surface area contributed by atoms with E-state index in [1.807, 2.05) is 7.05 Å². The minimum absolute atomic E-state index is 0.0179. The van der Waals surface area contributed by atoms with E-state index in [0.29, 0.717) is 13.1 Å². The van der Waals surface area contributed by atoms with Crippen molar-refractivity contribution in [3.8, 4) is 5.75 Å². The summed E-state index contributed by atoms with van der Waals surface area (Å²) in [4.78, 5) is 26.6. The highest BCUT2D eigenvalue weighted by molar-refractivity contribution is 6.35. The number of benzene rings is 1. The number of ether oxygens (including phenoxy) is 1. The molecule has 0 atom stereocenters. The molecule has 1 aliphatic heterocycles. The summed E-state index contributed by atoms with van der Waals surface area (Å²) in [6, 6.07) is 2.62. The second kappa shape index (κ2) is 6.28. The topological polar surface area (TPSA) is 75.9 Å². The Morgan fingerprint density at radius 2 is 1.95 bits per heavy atom. The van der Waals surface area contributed by atoms with Gasteiger partial charge in [0.05, 0.1) is 17.6 Å². The Morgan fingerprint density at radius 3 is 2.48 bits per heavy atom. The molecular formula is C13H16ClN3O4. The minimum atomic E-state index is -0.588. The summed E-state index contributed by atoms with van der Waals surface area (Å²) in [5.41, 5.74) is -0.0268. The van der Waals surface area contributed by atoms with Gasteiger partial charge in [0, 0.05) is 32.2 Å². The first-order valence-corrected chi connectivity index (χ1v) is 6.82. The number of nitro benzene ring substituents is 1. The van der Waals surface area contributed by atoms with Gasteiger partial charge in [0.2, 0.25) is 5.75 Å². The van der Waals surface area contributed by atoms with Crippen LogP contribution in [0.4, 0.5) is 5.69 Å². The van der Waals surface area contributed by atoms with Crippen molar-refractivity contribution in [2.45, 2.75) is 0 Å². The van der Waals surface area contributed by atoms with Gasteiger partial charge >= 0.3 is 5.69 Å². The molecule has 0 N–H and O–H groups in total. The molecule has 1 aliphatic rings. The van der Waals surface area contributed by atoms with Crippen molar-refractivity contribution >= 4 is 23.2 Å². The SMILES string of the molecule is COc1c([N+](=O)[O-])ccc(C(=O)N2CCN(C)CC2)c1Cl. The van der Waals surface area contributed by atoms with Gasteiger partial charge in [0.15, 0.2) is 0 Å². The van der Waals surface area contributed by atoms with E-state index in [1.54, 1.807) is 4.90 Å². The molecule has 0 unspecified atom stereocenters. The van der Waals surface area contributed by atoms with E-state index in [9.17, 15) is 14.9 Å². The van der Waals surface area contributed by atoms with Crippen molar-refractivity contribution in [2.75, 3.05) is 40.3 Å². The van der Waals surface area contributed by atoms with Crippen molar-refractivity contribution in [3.05, 3.63) is 32.8 Å². The molecule has 1 fully saturated rings. The van der Waals surface area contributed by atoms with Gasteiger partial charge in [0.1, 0.15) is 5.02 Å². The molecule has 2 rings (SSSR count). The van der Waals surface area contributed by atoms with Crippen molar-refractivity contribution in [2.24, 2.45) is 0 Å². The largest absolute Gasteiger partial charge is 0.489 e. The van der Waals surface area contributed by atoms with E-state index in [1.165, 1.54) is 19.2 Å². The van der Waals surface area contributed by atoms with Crippen LogP contribution in [-0.2, 0) is 0 Å². The monoisotopic (exact) mass is 313 g/mol. The van der Waals surface area contributed by atoms with Gasteiger partial charge in [-0.05, 0) is 13.1 Å². The molecule has 1 saturated heterocycles. The Morgan fingerprint density at radius 1 is 1.33 bits per heavy atom. The van der Waals surface area contributed by atoms with E-state index in [2.05, 4.69) is 4.90 Å². The standard InChI is InChI=1S/C13H16ClN3O4/c1-15-5-7-16(8-6-15)13(18)9-3-4-10(17(19)20)12(21-2)11(9)14/h3-4H,5-8H2,1-2H3. The second-order valence-corrected chi connectivity index (χ2v) is 5.21. The van der Waals surface area contributed by atoms with Crippen LogP contribution >= 0.6 is 11.6 Å². The van der Waals surface area contributed by atoms with Gasteiger partial charge in [-0.3, -0.25) is 14.9 Å². The third-order valence-electron chi connectivity index (χ3n) is 3.50. The van der Waals surface area contributed by atoms with Crippen LogP contribution in [0.2, 0.25) is 5.02 Å². The molecule has 1 aromatic rings. The van der Waals surface area contributed by atoms with Crippen molar-refractivity contribution in [1.82, 2.24) is 9.80 Å². The Bertz CT molecular complexity index is 571. The van der Waals surface area contributed by atoms with Gasteiger partial charge < -0.3 is 14.5 Å². The van der Waals surface area contributed by atoms with E-state index in [0.717, 1.165) is 13.1 Å². The number of rotatable bonds is 3. The molecule has 21 heavy (non-hydrogen) atoms. The summed E-state index contributed by atoms with van der Waals surface area (Å²) in [6.07, 6.45) is 0. The summed E-state index contributed by atoms with van der Waals surface area (Å²) >= 11 is 6.11. The van der Waals surface area contributed by atoms with Crippen molar-refractivity contribution in [3.63, 3.8) is 0 Å². The molecule has 0 spiro atoms. The Hall–Kier alpha value is -1.86. The van der Waals surface area contributed by atoms with Crippen LogP contribution < -0.4 is 4.74 Å². The maximum atomic E-state index is 12.5. The van der Waals surface area contributed by atoms with Crippen LogP contribution in [0.3, 0.4) is 0 Å². The lowest BCUT2D eigenvalue weighted by atomic mass is 10.1. The molecule has 0 saturated carbocycles. The van der Waals surface area contributed by atoms with E-state index < -0.39 is 4.92 Å². The average molecular weight is 314 g/mol. The second-order valence-electron chi connectivity index (χ2n) is 4.83. The number of amides is 1. The maximum Gasteiger partial charge on any atom is 0.312 e. The lowest BCUT2D eigenvalue weighted by Crippen LogP contribution is -2.47. The fourth-order valence-electron chi connectivity index (χ4n) is 2.23. The summed E-state index contributed by atoms with van der Waals surface area (Å²) in [5.74, 6) is -0.317. The average Bonchev–Trinajstić information content (AvgIpc) is 2.46. The molecule has 0 bridgehead atoms. The van der Waals surface area contributed by atoms with Crippen molar-refractivity contribution < 1.29 is 14.5 Å². The van der Waals surface area contributed by atoms with E-state index in [4.69, 9.17) is 16.3 Å². The molecule has 114 valence electrons. The number of nitro groups is 1. The number of halogens is 1. The smallest absolute Gasteiger partial charge is 0.312 e. The van der Waals surface area contributed by atoms with Gasteiger partial charge in [0.25, 0.3) is 5.91 Å². The molecule has 1 heterocycles. The van der Waals surface area contributed by atoms with E-state index in [-0.39, 0.29) is 27.9 Å². The summed E-state index contributed by atoms with van der Waals surface area (Å²) in [5, 5.41) is 10.9. The van der Waals surface area contributed by atoms with Gasteiger partial charge in [-0.25, -0.2) is 0 Å². The number of methoxy groups -OCH3 is 1. The fraction of sp³-hybridized carbons (Fsp3) is 0.462. The summed E-state index contributed by atoms with van der Waals surface area (Å²) < 4.78 is 4.98. The van der Waals surface area contributed by atoms with Gasteiger partial charge in [-0.15, -0.1) is 0 Å². The third-order valence-corrected chi connectivity index (χ3v) is 3.87. The number of piperazine rings is 1. The Labute approximate surface area is 127 Å². The number of likely N-dealkylation sites (N-methyl/N-ethyl adjacent to an activating group) is 1. The van der Waals surface area contributed by atoms with Gasteiger partial charge in [-0.1, -0.05) is 11.6 Å². The molecular weight excluding hydrogens is 298 g/mol. The maximum absolute atomic E-state index is 12.5. The first kappa shape index (κ1) is 15.5. The van der Waals surface area contributed by atoms with Crippen LogP contribution in [0.15, 0.2) is 12.1 Å². The normalized spacial score (nSPS) is 15.9. The molecule has 0 aliphatic carbocycles. The first-order valence-electron chi connectivity index (χ1n) is 6.44. The summed E-state index contributed by atoms with van der Waals surface area (Å²) in [6.45, 7) is 2.77. The molecule has 1 amide bonds. The van der Waals surface area contributed by atoms with Crippen LogP contribution in [0.25, 0.3) is 0 Å². The highest BCUT2D eigenvalue weighted by Crippen LogP contribution is 2.37. The van der Waals surface area contributed by atoms with Crippen LogP contribution in [-0.4, -0.2) is 61.0 Å². The number of carbonyl (C=O) groups is 1. The van der Waals surface area contributed by atoms with Crippen molar-refractivity contribution in [1.29, 1.82) is 0 Å². The lowest BCUT2D eigenvalue weighted by Gasteiger charge is -2.32. The molecule has 0 radical (unpaired) electrons. The summed E-state index contributed by atoms with van der Waals surface area (Å²) in [7, 11) is 3.28. The van der Waals surface area contributed by atoms with Crippen LogP contribution in [0.5, 0.6) is 5.75 Å². The zero-order chi connectivity index (χ0) is 15.6. The molecule has 0 aromatic heterocycles. The number of nitrogens with zero attached hydrogens (tertiary/aromatic N) is 3. The number of hydrogen-bond donors (Lipinski definition) is 0. The Kier molecular flexibility index (Phi) is 4.64. The molecule has 7 nitrogen and oxygen atoms in total. The molecule has 1 aromatic carbocycles.